The van der Waals surface area contributed by atoms with Crippen LogP contribution in [0.15, 0.2) is 0 Å². The molecule has 0 aliphatic carbocycles. The van der Waals surface area contributed by atoms with Crippen molar-refractivity contribution in [1.29, 1.82) is 0 Å². The molecule has 110 valence electrons. The highest BCUT2D eigenvalue weighted by molar-refractivity contribution is 7.13. The molecule has 1 aromatic heterocycles. The fourth-order valence-corrected chi connectivity index (χ4v) is 3.34. The van der Waals surface area contributed by atoms with E-state index in [2.05, 4.69) is 4.98 Å². The van der Waals surface area contributed by atoms with Crippen LogP contribution in [0.2, 0.25) is 0 Å². The van der Waals surface area contributed by atoms with Gasteiger partial charge in [-0.25, -0.2) is 9.78 Å². The lowest BCUT2D eigenvalue weighted by Gasteiger charge is -2.20. The Labute approximate surface area is 121 Å². The van der Waals surface area contributed by atoms with Gasteiger partial charge in [-0.05, 0) is 26.7 Å². The van der Waals surface area contributed by atoms with Crippen LogP contribution in [0.3, 0.4) is 0 Å². The van der Waals surface area contributed by atoms with E-state index < -0.39 is 12.0 Å². The van der Waals surface area contributed by atoms with E-state index in [0.717, 1.165) is 11.4 Å². The van der Waals surface area contributed by atoms with E-state index in [9.17, 15) is 9.59 Å². The van der Waals surface area contributed by atoms with Crippen molar-refractivity contribution in [3.63, 3.8) is 0 Å². The van der Waals surface area contributed by atoms with E-state index in [0.29, 0.717) is 23.5 Å². The summed E-state index contributed by atoms with van der Waals surface area (Å²) >= 11 is 1.28. The van der Waals surface area contributed by atoms with Crippen molar-refractivity contribution in [1.82, 2.24) is 9.88 Å². The molecular formula is C13H18N2O4S. The summed E-state index contributed by atoms with van der Waals surface area (Å²) < 4.78 is 5.20. The number of likely N-dealkylation sites (tertiary alicyclic amines) is 1. The van der Waals surface area contributed by atoms with Gasteiger partial charge in [-0.3, -0.25) is 4.79 Å². The summed E-state index contributed by atoms with van der Waals surface area (Å²) in [6, 6.07) is -0.715. The van der Waals surface area contributed by atoms with Crippen molar-refractivity contribution in [3.05, 3.63) is 15.6 Å². The Morgan fingerprint density at radius 3 is 2.85 bits per heavy atom. The smallest absolute Gasteiger partial charge is 0.326 e. The Balaban J connectivity index is 2.25. The number of rotatable bonds is 4. The number of carboxylic acids is 1. The molecule has 1 N–H and O–H groups in total. The first-order valence-electron chi connectivity index (χ1n) is 6.49. The van der Waals surface area contributed by atoms with Gasteiger partial charge in [0, 0.05) is 13.7 Å². The van der Waals surface area contributed by atoms with E-state index in [1.165, 1.54) is 16.2 Å². The Morgan fingerprint density at radius 2 is 2.25 bits per heavy atom. The van der Waals surface area contributed by atoms with Crippen LogP contribution in [0.1, 0.15) is 46.2 Å². The molecule has 0 aromatic carbocycles. The van der Waals surface area contributed by atoms with Gasteiger partial charge in [0.1, 0.15) is 22.0 Å². The van der Waals surface area contributed by atoms with Crippen LogP contribution in [0.4, 0.5) is 0 Å². The van der Waals surface area contributed by atoms with Crippen LogP contribution in [0.25, 0.3) is 0 Å². The molecule has 1 aliphatic heterocycles. The van der Waals surface area contributed by atoms with E-state index in [1.807, 2.05) is 6.92 Å². The van der Waals surface area contributed by atoms with Gasteiger partial charge >= 0.3 is 5.97 Å². The minimum absolute atomic E-state index is 0.172. The fraction of sp³-hybridized carbons (Fsp3) is 0.615. The van der Waals surface area contributed by atoms with Crippen molar-refractivity contribution in [2.45, 2.75) is 38.8 Å². The largest absolute Gasteiger partial charge is 0.480 e. The molecule has 2 rings (SSSR count). The number of hydrogen-bond acceptors (Lipinski definition) is 5. The second-order valence-electron chi connectivity index (χ2n) is 4.84. The number of aliphatic carboxylic acids is 1. The molecule has 1 saturated heterocycles. The average molecular weight is 298 g/mol. The van der Waals surface area contributed by atoms with Crippen LogP contribution >= 0.6 is 11.3 Å². The fourth-order valence-electron chi connectivity index (χ4n) is 2.29. The van der Waals surface area contributed by atoms with E-state index >= 15 is 0 Å². The first-order valence-corrected chi connectivity index (χ1v) is 7.31. The third kappa shape index (κ3) is 2.69. The third-order valence-electron chi connectivity index (χ3n) is 3.51. The summed E-state index contributed by atoms with van der Waals surface area (Å²) in [4.78, 5) is 30.0. The van der Waals surface area contributed by atoms with Crippen molar-refractivity contribution < 1.29 is 19.4 Å². The number of aromatic nitrogens is 1. The second-order valence-corrected chi connectivity index (χ2v) is 5.87. The molecule has 1 amide bonds. The van der Waals surface area contributed by atoms with Crippen LogP contribution in [-0.4, -0.2) is 46.6 Å². The quantitative estimate of drug-likeness (QED) is 0.917. The lowest BCUT2D eigenvalue weighted by molar-refractivity contribution is -0.141. The maximum absolute atomic E-state index is 12.5. The highest BCUT2D eigenvalue weighted by atomic mass is 32.1. The molecule has 6 nitrogen and oxygen atoms in total. The number of thiazole rings is 1. The van der Waals surface area contributed by atoms with E-state index in [-0.39, 0.29) is 12.0 Å². The summed E-state index contributed by atoms with van der Waals surface area (Å²) in [5.74, 6) is -1.18. The molecule has 1 fully saturated rings. The Morgan fingerprint density at radius 1 is 1.55 bits per heavy atom. The van der Waals surface area contributed by atoms with Gasteiger partial charge in [-0.15, -0.1) is 11.3 Å². The topological polar surface area (TPSA) is 79.7 Å². The summed E-state index contributed by atoms with van der Waals surface area (Å²) in [6.45, 7) is 4.12. The predicted molar refractivity (Wildman–Crippen MR) is 74.0 cm³/mol. The van der Waals surface area contributed by atoms with Crippen molar-refractivity contribution >= 4 is 23.2 Å². The summed E-state index contributed by atoms with van der Waals surface area (Å²) in [5.41, 5.74) is 0.634. The van der Waals surface area contributed by atoms with Crippen molar-refractivity contribution in [2.75, 3.05) is 13.7 Å². The molecule has 1 aromatic rings. The Kier molecular flexibility index (Phi) is 4.39. The molecule has 0 unspecified atom stereocenters. The number of carboxylic acid groups (broad SMARTS) is 1. The molecule has 0 spiro atoms. The molecule has 1 aliphatic rings. The zero-order valence-corrected chi connectivity index (χ0v) is 12.6. The molecule has 0 radical (unpaired) electrons. The van der Waals surface area contributed by atoms with Gasteiger partial charge in [0.2, 0.25) is 0 Å². The maximum atomic E-state index is 12.5. The standard InChI is InChI=1S/C13H18N2O4S/c1-7-10(20-11(14-7)8(2)19-3)12(16)15-6-4-5-9(15)13(17)18/h8-9H,4-6H2,1-3H3,(H,17,18)/t8-,9+/m1/s1. The van der Waals surface area contributed by atoms with Gasteiger partial charge in [0.15, 0.2) is 0 Å². The van der Waals surface area contributed by atoms with Crippen molar-refractivity contribution in [3.8, 4) is 0 Å². The minimum atomic E-state index is -0.941. The Hall–Kier alpha value is -1.47. The van der Waals surface area contributed by atoms with Gasteiger partial charge in [0.05, 0.1) is 5.69 Å². The second kappa shape index (κ2) is 5.88. The number of carbonyl (C=O) groups excluding carboxylic acids is 1. The zero-order chi connectivity index (χ0) is 14.9. The molecule has 2 atom stereocenters. The van der Waals surface area contributed by atoms with E-state index in [1.54, 1.807) is 14.0 Å². The average Bonchev–Trinajstić information content (AvgIpc) is 3.03. The maximum Gasteiger partial charge on any atom is 0.326 e. The number of hydrogen-bond donors (Lipinski definition) is 1. The number of nitrogens with zero attached hydrogens (tertiary/aromatic N) is 2. The molecular weight excluding hydrogens is 280 g/mol. The number of carbonyl (C=O) groups is 2. The molecule has 20 heavy (non-hydrogen) atoms. The Bertz CT molecular complexity index is 528. The number of amides is 1. The van der Waals surface area contributed by atoms with Gasteiger partial charge in [0.25, 0.3) is 5.91 Å². The number of ether oxygens (including phenoxy) is 1. The number of aryl methyl sites for hydroxylation is 1. The highest BCUT2D eigenvalue weighted by Crippen LogP contribution is 2.28. The summed E-state index contributed by atoms with van der Waals surface area (Å²) in [5, 5.41) is 9.89. The minimum Gasteiger partial charge on any atom is -0.480 e. The lowest BCUT2D eigenvalue weighted by Crippen LogP contribution is -2.40. The van der Waals surface area contributed by atoms with Gasteiger partial charge in [-0.1, -0.05) is 0 Å². The SMILES string of the molecule is CO[C@H](C)c1nc(C)c(C(=O)N2CCC[C@H]2C(=O)O)s1. The summed E-state index contributed by atoms with van der Waals surface area (Å²) in [6.07, 6.45) is 1.07. The first kappa shape index (κ1) is 14.9. The highest BCUT2D eigenvalue weighted by Gasteiger charge is 2.36. The zero-order valence-electron chi connectivity index (χ0n) is 11.8. The molecule has 0 saturated carbocycles. The van der Waals surface area contributed by atoms with Crippen LogP contribution in [0, 0.1) is 6.92 Å². The van der Waals surface area contributed by atoms with Crippen molar-refractivity contribution in [2.24, 2.45) is 0 Å². The molecule has 0 bridgehead atoms. The predicted octanol–water partition coefficient (Wildman–Crippen LogP) is 1.85. The normalized spacial score (nSPS) is 20.1. The van der Waals surface area contributed by atoms with Crippen LogP contribution in [-0.2, 0) is 9.53 Å². The summed E-state index contributed by atoms with van der Waals surface area (Å²) in [7, 11) is 1.59. The number of methoxy groups -OCH3 is 1. The molecule has 2 heterocycles. The lowest BCUT2D eigenvalue weighted by atomic mass is 10.2. The first-order chi connectivity index (χ1) is 9.45. The van der Waals surface area contributed by atoms with Crippen LogP contribution in [0.5, 0.6) is 0 Å². The monoisotopic (exact) mass is 298 g/mol. The van der Waals surface area contributed by atoms with E-state index in [4.69, 9.17) is 9.84 Å². The van der Waals surface area contributed by atoms with Crippen LogP contribution < -0.4 is 0 Å². The molecule has 7 heteroatoms. The van der Waals surface area contributed by atoms with Gasteiger partial charge < -0.3 is 14.7 Å². The third-order valence-corrected chi connectivity index (χ3v) is 4.81. The van der Waals surface area contributed by atoms with Gasteiger partial charge in [-0.2, -0.15) is 0 Å².